The van der Waals surface area contributed by atoms with E-state index in [2.05, 4.69) is 20.6 Å². The number of aryl methyl sites for hydroxylation is 2. The van der Waals surface area contributed by atoms with Crippen molar-refractivity contribution in [1.29, 1.82) is 0 Å². The summed E-state index contributed by atoms with van der Waals surface area (Å²) in [4.78, 5) is 57.2. The highest BCUT2D eigenvalue weighted by Crippen LogP contribution is 2.32. The number of aliphatic hydroxyl groups is 1. The average Bonchev–Trinajstić information content (AvgIpc) is 3.90. The number of rotatable bonds is 14. The first-order valence-electron chi connectivity index (χ1n) is 21.3. The van der Waals surface area contributed by atoms with E-state index in [4.69, 9.17) is 29.4 Å². The normalized spacial score (nSPS) is 15.9. The molecule has 1 atom stereocenters. The Kier molecular flexibility index (Phi) is 15.1. The highest BCUT2D eigenvalue weighted by Gasteiger charge is 2.28. The Bertz CT molecular complexity index is 2030. The molecular formula is C45H62N10O5. The molecule has 0 aromatic carbocycles. The molecule has 0 saturated carbocycles. The highest BCUT2D eigenvalue weighted by atomic mass is 16.7. The molecular weight excluding hydrogens is 761 g/mol. The van der Waals surface area contributed by atoms with Gasteiger partial charge in [-0.05, 0) is 124 Å². The van der Waals surface area contributed by atoms with E-state index >= 15 is 0 Å². The van der Waals surface area contributed by atoms with E-state index in [1.165, 1.54) is 0 Å². The van der Waals surface area contributed by atoms with Crippen LogP contribution in [0, 0.1) is 0 Å². The monoisotopic (exact) mass is 822 g/mol. The molecule has 2 amide bonds. The van der Waals surface area contributed by atoms with Crippen LogP contribution in [0.4, 0.5) is 11.6 Å². The summed E-state index contributed by atoms with van der Waals surface area (Å²) in [6.07, 6.45) is 12.1. The molecule has 1 unspecified atom stereocenters. The molecule has 4 aromatic heterocycles. The Morgan fingerprint density at radius 3 is 1.67 bits per heavy atom. The Hall–Kier alpha value is -5.12. The Morgan fingerprint density at radius 2 is 1.23 bits per heavy atom. The lowest BCUT2D eigenvalue weighted by atomic mass is 10.1. The van der Waals surface area contributed by atoms with Crippen LogP contribution in [0.15, 0.2) is 48.8 Å². The quantitative estimate of drug-likeness (QED) is 0.154. The molecule has 1 saturated heterocycles. The van der Waals surface area contributed by atoms with Crippen molar-refractivity contribution in [2.75, 3.05) is 55.8 Å². The van der Waals surface area contributed by atoms with Crippen molar-refractivity contribution in [3.05, 3.63) is 71.3 Å². The highest BCUT2D eigenvalue weighted by molar-refractivity contribution is 5.83. The fourth-order valence-electron chi connectivity index (χ4n) is 7.61. The number of nitrogens with zero attached hydrogens (tertiary/aromatic N) is 8. The first-order valence-corrected chi connectivity index (χ1v) is 21.3. The SMILES string of the molecule is CC(C)(C)NC(=O)CN(CCO)c1nc(-c2ccccn2)nc2c1CCC2.CC(C)(C)NC(=O)CN(CCOC1CCCCO1)c1nc(-c2ccccn2)nc2c1CCC2. The molecule has 7 rings (SSSR count). The number of hydrogen-bond acceptors (Lipinski definition) is 13. The number of ether oxygens (including phenoxy) is 2. The Balaban J connectivity index is 0.000000205. The molecule has 2 aliphatic carbocycles. The minimum atomic E-state index is -0.311. The lowest BCUT2D eigenvalue weighted by molar-refractivity contribution is -0.160. The van der Waals surface area contributed by atoms with Crippen molar-refractivity contribution in [3.8, 4) is 23.0 Å². The predicted octanol–water partition coefficient (Wildman–Crippen LogP) is 5.03. The lowest BCUT2D eigenvalue weighted by Crippen LogP contribution is -2.47. The van der Waals surface area contributed by atoms with Gasteiger partial charge in [-0.15, -0.1) is 0 Å². The number of fused-ring (bicyclic) bond motifs is 2. The van der Waals surface area contributed by atoms with Gasteiger partial charge in [-0.1, -0.05) is 12.1 Å². The van der Waals surface area contributed by atoms with Crippen LogP contribution in [-0.4, -0.2) is 110 Å². The third kappa shape index (κ3) is 12.7. The van der Waals surface area contributed by atoms with Gasteiger partial charge >= 0.3 is 0 Å². The summed E-state index contributed by atoms with van der Waals surface area (Å²) in [5.74, 6) is 2.57. The maximum Gasteiger partial charge on any atom is 0.239 e. The van der Waals surface area contributed by atoms with Crippen LogP contribution in [0.1, 0.15) is 96.2 Å². The van der Waals surface area contributed by atoms with E-state index in [1.807, 2.05) is 87.7 Å². The van der Waals surface area contributed by atoms with E-state index in [0.717, 1.165) is 104 Å². The van der Waals surface area contributed by atoms with Gasteiger partial charge in [-0.3, -0.25) is 19.6 Å². The molecule has 0 bridgehead atoms. The third-order valence-electron chi connectivity index (χ3n) is 10.1. The number of aromatic nitrogens is 6. The van der Waals surface area contributed by atoms with Gasteiger partial charge in [-0.25, -0.2) is 19.9 Å². The van der Waals surface area contributed by atoms with Crippen LogP contribution in [0.5, 0.6) is 0 Å². The zero-order chi connectivity index (χ0) is 42.7. The predicted molar refractivity (Wildman–Crippen MR) is 231 cm³/mol. The summed E-state index contributed by atoms with van der Waals surface area (Å²) in [7, 11) is 0. The maximum absolute atomic E-state index is 12.9. The fraction of sp³-hybridized carbons (Fsp3) is 0.556. The lowest BCUT2D eigenvalue weighted by Gasteiger charge is -2.29. The van der Waals surface area contributed by atoms with E-state index in [-0.39, 0.29) is 48.9 Å². The molecule has 4 aromatic rings. The van der Waals surface area contributed by atoms with Gasteiger partial charge < -0.3 is 35.0 Å². The van der Waals surface area contributed by atoms with Crippen molar-refractivity contribution in [3.63, 3.8) is 0 Å². The zero-order valence-electron chi connectivity index (χ0n) is 36.2. The first kappa shape index (κ1) is 44.4. The fourth-order valence-corrected chi connectivity index (χ4v) is 7.61. The Morgan fingerprint density at radius 1 is 0.717 bits per heavy atom. The van der Waals surface area contributed by atoms with E-state index in [9.17, 15) is 14.7 Å². The Labute approximate surface area is 354 Å². The van der Waals surface area contributed by atoms with Crippen LogP contribution in [0.2, 0.25) is 0 Å². The van der Waals surface area contributed by atoms with Crippen LogP contribution >= 0.6 is 0 Å². The summed E-state index contributed by atoms with van der Waals surface area (Å²) >= 11 is 0. The number of pyridine rings is 2. The number of anilines is 2. The van der Waals surface area contributed by atoms with Crippen molar-refractivity contribution >= 4 is 23.5 Å². The van der Waals surface area contributed by atoms with Crippen LogP contribution in [0.25, 0.3) is 23.0 Å². The summed E-state index contributed by atoms with van der Waals surface area (Å²) in [5.41, 5.74) is 5.10. The van der Waals surface area contributed by atoms with Crippen LogP contribution in [-0.2, 0) is 44.7 Å². The van der Waals surface area contributed by atoms with Crippen molar-refractivity contribution in [2.24, 2.45) is 0 Å². The molecule has 3 N–H and O–H groups in total. The first-order chi connectivity index (χ1) is 28.8. The number of aliphatic hydroxyl groups excluding tert-OH is 1. The van der Waals surface area contributed by atoms with Gasteiger partial charge in [0.1, 0.15) is 23.0 Å². The number of nitrogens with one attached hydrogen (secondary N) is 2. The van der Waals surface area contributed by atoms with Crippen molar-refractivity contribution in [1.82, 2.24) is 40.5 Å². The largest absolute Gasteiger partial charge is 0.395 e. The number of carbonyl (C=O) groups is 2. The zero-order valence-corrected chi connectivity index (χ0v) is 36.2. The number of carbonyl (C=O) groups excluding carboxylic acids is 2. The molecule has 3 aliphatic rings. The molecule has 0 spiro atoms. The second-order valence-electron chi connectivity index (χ2n) is 17.6. The minimum Gasteiger partial charge on any atom is -0.395 e. The molecule has 1 aliphatic heterocycles. The van der Waals surface area contributed by atoms with E-state index in [0.29, 0.717) is 37.0 Å². The summed E-state index contributed by atoms with van der Waals surface area (Å²) < 4.78 is 11.7. The molecule has 1 fully saturated rings. The molecule has 60 heavy (non-hydrogen) atoms. The average molecular weight is 823 g/mol. The molecule has 15 nitrogen and oxygen atoms in total. The standard InChI is InChI=1S/C25H35N5O3.C20H27N5O2/c1-25(2,3)29-21(31)17-30(14-16-33-22-12-5-7-15-32-22)24-18-9-8-11-19(18)27-23(28-24)20-10-4-6-13-26-20;1-20(2,3)24-17(27)13-25(11-12-26)19-14-7-6-9-15(14)22-18(23-19)16-8-4-5-10-21-16/h4,6,10,13,22H,5,7-9,11-12,14-17H2,1-3H3,(H,29,31);4-5,8,10,26H,6-7,9,11-13H2,1-3H3,(H,24,27). The molecule has 322 valence electrons. The van der Waals surface area contributed by atoms with Crippen molar-refractivity contribution in [2.45, 2.75) is 117 Å². The second kappa shape index (κ2) is 20.4. The van der Waals surface area contributed by atoms with Crippen LogP contribution < -0.4 is 20.4 Å². The van der Waals surface area contributed by atoms with Gasteiger partial charge in [0, 0.05) is 65.7 Å². The molecule has 5 heterocycles. The summed E-state index contributed by atoms with van der Waals surface area (Å²) in [6, 6.07) is 11.4. The van der Waals surface area contributed by atoms with Gasteiger partial charge in [-0.2, -0.15) is 0 Å². The minimum absolute atomic E-state index is 0.0406. The van der Waals surface area contributed by atoms with E-state index < -0.39 is 0 Å². The third-order valence-corrected chi connectivity index (χ3v) is 10.1. The molecule has 15 heteroatoms. The van der Waals surface area contributed by atoms with Gasteiger partial charge in [0.2, 0.25) is 11.8 Å². The second-order valence-corrected chi connectivity index (χ2v) is 17.6. The smallest absolute Gasteiger partial charge is 0.239 e. The van der Waals surface area contributed by atoms with Gasteiger partial charge in [0.25, 0.3) is 0 Å². The van der Waals surface area contributed by atoms with E-state index in [1.54, 1.807) is 12.4 Å². The van der Waals surface area contributed by atoms with Crippen molar-refractivity contribution < 1.29 is 24.2 Å². The number of amides is 2. The molecule has 0 radical (unpaired) electrons. The topological polar surface area (TPSA) is 181 Å². The summed E-state index contributed by atoms with van der Waals surface area (Å²) in [5, 5.41) is 15.6. The van der Waals surface area contributed by atoms with Gasteiger partial charge in [0.15, 0.2) is 17.9 Å². The summed E-state index contributed by atoms with van der Waals surface area (Å²) in [6.45, 7) is 14.2. The maximum atomic E-state index is 12.9. The van der Waals surface area contributed by atoms with Gasteiger partial charge in [0.05, 0.1) is 26.3 Å². The van der Waals surface area contributed by atoms with Crippen LogP contribution in [0.3, 0.4) is 0 Å². The number of hydrogen-bond donors (Lipinski definition) is 3.